The Hall–Kier alpha value is -3.41. The largest absolute Gasteiger partial charge is 0.495 e. The van der Waals surface area contributed by atoms with Gasteiger partial charge in [-0.3, -0.25) is 4.79 Å². The fourth-order valence-electron chi connectivity index (χ4n) is 3.92. The summed E-state index contributed by atoms with van der Waals surface area (Å²) in [7, 11) is 1.64. The van der Waals surface area contributed by atoms with Crippen LogP contribution >= 0.6 is 0 Å². The number of methoxy groups -OCH3 is 1. The number of ether oxygens (including phenoxy) is 1. The molecule has 0 saturated carbocycles. The number of benzene rings is 2. The van der Waals surface area contributed by atoms with E-state index in [2.05, 4.69) is 4.98 Å². The van der Waals surface area contributed by atoms with Gasteiger partial charge in [0.15, 0.2) is 0 Å². The lowest BCUT2D eigenvalue weighted by atomic mass is 10.0. The van der Waals surface area contributed by atoms with Crippen molar-refractivity contribution in [1.29, 1.82) is 0 Å². The van der Waals surface area contributed by atoms with Gasteiger partial charge in [0.1, 0.15) is 11.6 Å². The highest BCUT2D eigenvalue weighted by Crippen LogP contribution is 2.27. The molecular formula is C25H26FN3O2. The predicted octanol–water partition coefficient (Wildman–Crippen LogP) is 4.92. The fraction of sp³-hybridized carbons (Fsp3) is 0.280. The van der Waals surface area contributed by atoms with Crippen LogP contribution < -0.4 is 4.74 Å². The Labute approximate surface area is 181 Å². The maximum atomic E-state index is 13.6. The lowest BCUT2D eigenvalue weighted by Crippen LogP contribution is -2.30. The van der Waals surface area contributed by atoms with Crippen LogP contribution in [0.1, 0.15) is 36.1 Å². The number of carbonyl (C=O) groups is 1. The molecule has 0 atom stereocenters. The van der Waals surface area contributed by atoms with E-state index in [-0.39, 0.29) is 11.7 Å². The summed E-state index contributed by atoms with van der Waals surface area (Å²) in [4.78, 5) is 19.3. The molecule has 0 radical (unpaired) electrons. The highest BCUT2D eigenvalue weighted by atomic mass is 19.1. The molecule has 1 saturated heterocycles. The summed E-state index contributed by atoms with van der Waals surface area (Å²) < 4.78 is 21.1. The lowest BCUT2D eigenvalue weighted by molar-refractivity contribution is -0.127. The van der Waals surface area contributed by atoms with Crippen molar-refractivity contribution in [2.45, 2.75) is 32.7 Å². The average molecular weight is 420 g/mol. The molecule has 1 aliphatic rings. The van der Waals surface area contributed by atoms with Crippen LogP contribution in [0.4, 0.5) is 4.39 Å². The van der Waals surface area contributed by atoms with Crippen LogP contribution in [0.5, 0.6) is 5.75 Å². The van der Waals surface area contributed by atoms with E-state index in [4.69, 9.17) is 4.74 Å². The molecule has 0 bridgehead atoms. The Kier molecular flexibility index (Phi) is 6.16. The second kappa shape index (κ2) is 9.16. The van der Waals surface area contributed by atoms with E-state index < -0.39 is 0 Å². The molecule has 1 fully saturated rings. The van der Waals surface area contributed by atoms with Crippen molar-refractivity contribution in [3.05, 3.63) is 83.2 Å². The number of carbonyl (C=O) groups excluding carboxylic acids is 1. The standard InChI is InChI=1S/C25H26FN3O2/c1-18-15-29(17-27-18)23-10-9-19(14-24(23)31-2)12-21-7-3-4-11-28(25(21)30)16-20-6-5-8-22(26)13-20/h5-6,8-10,12-15,17H,3-4,7,11,16H2,1-2H3/b21-12-. The third kappa shape index (κ3) is 4.85. The molecule has 5 nitrogen and oxygen atoms in total. The van der Waals surface area contributed by atoms with Gasteiger partial charge in [-0.2, -0.15) is 0 Å². The normalized spacial score (nSPS) is 15.9. The highest BCUT2D eigenvalue weighted by Gasteiger charge is 2.22. The van der Waals surface area contributed by atoms with Crippen LogP contribution in [-0.4, -0.2) is 34.0 Å². The molecule has 3 aromatic rings. The first kappa shape index (κ1) is 20.8. The second-order valence-corrected chi connectivity index (χ2v) is 7.84. The summed E-state index contributed by atoms with van der Waals surface area (Å²) in [6.07, 6.45) is 8.24. The first-order valence-corrected chi connectivity index (χ1v) is 10.5. The van der Waals surface area contributed by atoms with Gasteiger partial charge in [0, 0.05) is 24.9 Å². The van der Waals surface area contributed by atoms with Gasteiger partial charge in [-0.05, 0) is 67.7 Å². The summed E-state index contributed by atoms with van der Waals surface area (Å²) in [6.45, 7) is 3.03. The van der Waals surface area contributed by atoms with Crippen molar-refractivity contribution in [1.82, 2.24) is 14.5 Å². The zero-order valence-electron chi connectivity index (χ0n) is 17.8. The van der Waals surface area contributed by atoms with Gasteiger partial charge >= 0.3 is 0 Å². The van der Waals surface area contributed by atoms with Gasteiger partial charge in [0.25, 0.3) is 0 Å². The number of hydrogen-bond acceptors (Lipinski definition) is 3. The van der Waals surface area contributed by atoms with E-state index >= 15 is 0 Å². The van der Waals surface area contributed by atoms with E-state index in [0.29, 0.717) is 18.8 Å². The molecule has 0 spiro atoms. The van der Waals surface area contributed by atoms with Gasteiger partial charge in [0.2, 0.25) is 5.91 Å². The number of likely N-dealkylation sites (tertiary alicyclic amines) is 1. The minimum Gasteiger partial charge on any atom is -0.495 e. The molecule has 160 valence electrons. The summed E-state index contributed by atoms with van der Waals surface area (Å²) in [6, 6.07) is 12.3. The van der Waals surface area contributed by atoms with E-state index in [0.717, 1.165) is 47.3 Å². The number of rotatable bonds is 5. The molecule has 1 amide bonds. The number of aromatic nitrogens is 2. The maximum Gasteiger partial charge on any atom is 0.250 e. The Bertz CT molecular complexity index is 1120. The van der Waals surface area contributed by atoms with Gasteiger partial charge in [-0.1, -0.05) is 18.2 Å². The molecule has 4 rings (SSSR count). The Morgan fingerprint density at radius 3 is 2.81 bits per heavy atom. The van der Waals surface area contributed by atoms with Crippen molar-refractivity contribution < 1.29 is 13.9 Å². The highest BCUT2D eigenvalue weighted by molar-refractivity contribution is 5.98. The topological polar surface area (TPSA) is 47.4 Å². The minimum atomic E-state index is -0.282. The lowest BCUT2D eigenvalue weighted by Gasteiger charge is -2.21. The van der Waals surface area contributed by atoms with Crippen LogP contribution in [0.15, 0.2) is 60.6 Å². The first-order chi connectivity index (χ1) is 15.0. The molecular weight excluding hydrogens is 393 g/mol. The van der Waals surface area contributed by atoms with E-state index in [1.807, 2.05) is 52.9 Å². The number of nitrogens with zero attached hydrogens (tertiary/aromatic N) is 3. The van der Waals surface area contributed by atoms with Crippen LogP contribution in [0.3, 0.4) is 0 Å². The van der Waals surface area contributed by atoms with Gasteiger partial charge in [-0.25, -0.2) is 9.37 Å². The van der Waals surface area contributed by atoms with E-state index in [1.54, 1.807) is 19.5 Å². The van der Waals surface area contributed by atoms with Crippen molar-refractivity contribution in [3.8, 4) is 11.4 Å². The Morgan fingerprint density at radius 2 is 2.06 bits per heavy atom. The van der Waals surface area contributed by atoms with Crippen molar-refractivity contribution in [3.63, 3.8) is 0 Å². The molecule has 2 aromatic carbocycles. The molecule has 0 N–H and O–H groups in total. The van der Waals surface area contributed by atoms with Crippen molar-refractivity contribution >= 4 is 12.0 Å². The van der Waals surface area contributed by atoms with E-state index in [9.17, 15) is 9.18 Å². The first-order valence-electron chi connectivity index (χ1n) is 10.5. The van der Waals surface area contributed by atoms with E-state index in [1.165, 1.54) is 12.1 Å². The van der Waals surface area contributed by atoms with Gasteiger partial charge in [0.05, 0.1) is 24.8 Å². The SMILES string of the molecule is COc1cc(/C=C2/CCCCN(Cc3cccc(F)c3)C2=O)ccc1-n1cnc(C)c1. The summed E-state index contributed by atoms with van der Waals surface area (Å²) in [5.41, 5.74) is 4.30. The van der Waals surface area contributed by atoms with Crippen LogP contribution in [0.25, 0.3) is 11.8 Å². The summed E-state index contributed by atoms with van der Waals surface area (Å²) in [5, 5.41) is 0. The number of amides is 1. The zero-order chi connectivity index (χ0) is 21.8. The number of imidazole rings is 1. The van der Waals surface area contributed by atoms with Gasteiger partial charge < -0.3 is 14.2 Å². The maximum absolute atomic E-state index is 13.6. The summed E-state index contributed by atoms with van der Waals surface area (Å²) in [5.74, 6) is 0.440. The Balaban J connectivity index is 1.59. The third-order valence-electron chi connectivity index (χ3n) is 5.48. The Morgan fingerprint density at radius 1 is 1.19 bits per heavy atom. The van der Waals surface area contributed by atoms with Crippen LogP contribution in [-0.2, 0) is 11.3 Å². The quantitative estimate of drug-likeness (QED) is 0.551. The molecule has 2 heterocycles. The third-order valence-corrected chi connectivity index (χ3v) is 5.48. The summed E-state index contributed by atoms with van der Waals surface area (Å²) >= 11 is 0. The van der Waals surface area contributed by atoms with Crippen molar-refractivity contribution in [2.75, 3.05) is 13.7 Å². The van der Waals surface area contributed by atoms with Crippen LogP contribution in [0, 0.1) is 12.7 Å². The number of hydrogen-bond donors (Lipinski definition) is 0. The molecule has 0 unspecified atom stereocenters. The number of halogens is 1. The van der Waals surface area contributed by atoms with Crippen LogP contribution in [0.2, 0.25) is 0 Å². The second-order valence-electron chi connectivity index (χ2n) is 7.84. The number of aryl methyl sites for hydroxylation is 1. The molecule has 1 aromatic heterocycles. The molecule has 0 aliphatic carbocycles. The molecule has 1 aliphatic heterocycles. The molecule has 6 heteroatoms. The average Bonchev–Trinajstić information content (AvgIpc) is 3.13. The smallest absolute Gasteiger partial charge is 0.250 e. The fourth-order valence-corrected chi connectivity index (χ4v) is 3.92. The molecule has 31 heavy (non-hydrogen) atoms. The van der Waals surface area contributed by atoms with Gasteiger partial charge in [-0.15, -0.1) is 0 Å². The minimum absolute atomic E-state index is 0.00930. The zero-order valence-corrected chi connectivity index (χ0v) is 17.8. The van der Waals surface area contributed by atoms with Crippen molar-refractivity contribution in [2.24, 2.45) is 0 Å². The predicted molar refractivity (Wildman–Crippen MR) is 118 cm³/mol. The monoisotopic (exact) mass is 419 g/mol.